The Morgan fingerprint density at radius 2 is 2.12 bits per heavy atom. The van der Waals surface area contributed by atoms with Gasteiger partial charge >= 0.3 is 0 Å². The summed E-state index contributed by atoms with van der Waals surface area (Å²) in [5.41, 5.74) is 3.74. The highest BCUT2D eigenvalue weighted by Gasteiger charge is 2.45. The fourth-order valence-corrected chi connectivity index (χ4v) is 4.86. The van der Waals surface area contributed by atoms with Crippen LogP contribution in [0.2, 0.25) is 0 Å². The van der Waals surface area contributed by atoms with Gasteiger partial charge in [-0.2, -0.15) is 0 Å². The van der Waals surface area contributed by atoms with Gasteiger partial charge in [0, 0.05) is 49.9 Å². The van der Waals surface area contributed by atoms with E-state index >= 15 is 0 Å². The summed E-state index contributed by atoms with van der Waals surface area (Å²) in [5.74, 6) is 1.48. The van der Waals surface area contributed by atoms with E-state index < -0.39 is 0 Å². The number of benzene rings is 1. The number of anilines is 1. The predicted molar refractivity (Wildman–Crippen MR) is 107 cm³/mol. The van der Waals surface area contributed by atoms with E-state index in [4.69, 9.17) is 0 Å². The third-order valence-corrected chi connectivity index (χ3v) is 6.32. The fraction of sp³-hybridized carbons (Fsp3) is 0.682. The van der Waals surface area contributed by atoms with Crippen LogP contribution >= 0.6 is 0 Å². The van der Waals surface area contributed by atoms with E-state index in [0.29, 0.717) is 5.92 Å². The molecule has 142 valence electrons. The van der Waals surface area contributed by atoms with Crippen LogP contribution in [0.1, 0.15) is 55.5 Å². The molecule has 1 saturated carbocycles. The van der Waals surface area contributed by atoms with Crippen LogP contribution in [-0.4, -0.2) is 50.6 Å². The fourth-order valence-electron chi connectivity index (χ4n) is 4.86. The summed E-state index contributed by atoms with van der Waals surface area (Å²) in [6.07, 6.45) is 5.34. The van der Waals surface area contributed by atoms with E-state index in [2.05, 4.69) is 48.1 Å². The summed E-state index contributed by atoms with van der Waals surface area (Å²) >= 11 is 0. The summed E-state index contributed by atoms with van der Waals surface area (Å²) in [6.45, 7) is 9.74. The molecule has 1 spiro atoms. The number of fused-ring (bicyclic) bond motifs is 2. The van der Waals surface area contributed by atoms with Gasteiger partial charge in [0.15, 0.2) is 0 Å². The lowest BCUT2D eigenvalue weighted by atomic mass is 9.75. The molecular formula is C22H33N3O. The Labute approximate surface area is 157 Å². The van der Waals surface area contributed by atoms with Crippen LogP contribution in [0.15, 0.2) is 18.2 Å². The van der Waals surface area contributed by atoms with Gasteiger partial charge in [0.1, 0.15) is 0 Å². The van der Waals surface area contributed by atoms with Gasteiger partial charge < -0.3 is 15.1 Å². The average molecular weight is 356 g/mol. The summed E-state index contributed by atoms with van der Waals surface area (Å²) in [5, 5.41) is 3.07. The molecule has 2 heterocycles. The molecule has 4 nitrogen and oxygen atoms in total. The standard InChI is InChI=1S/C22H33N3O/c1-16(2)12-23-21(26)18-7-8-20-19(11-18)22(14-24(20)3)9-4-10-25(15-22)13-17-5-6-17/h7-8,11,16-17H,4-6,9-10,12-15H2,1-3H3,(H,23,26). The molecule has 1 N–H and O–H groups in total. The van der Waals surface area contributed by atoms with E-state index in [9.17, 15) is 4.79 Å². The van der Waals surface area contributed by atoms with Gasteiger partial charge in [-0.3, -0.25) is 4.79 Å². The average Bonchev–Trinajstić information content (AvgIpc) is 3.39. The first kappa shape index (κ1) is 17.8. The van der Waals surface area contributed by atoms with Gasteiger partial charge in [-0.25, -0.2) is 0 Å². The van der Waals surface area contributed by atoms with Crippen LogP contribution in [0, 0.1) is 11.8 Å². The van der Waals surface area contributed by atoms with E-state index in [1.165, 1.54) is 50.0 Å². The van der Waals surface area contributed by atoms with Gasteiger partial charge in [0.05, 0.1) is 0 Å². The van der Waals surface area contributed by atoms with Crippen molar-refractivity contribution in [3.05, 3.63) is 29.3 Å². The Kier molecular flexibility index (Phi) is 4.72. The molecule has 0 bridgehead atoms. The molecule has 2 fully saturated rings. The minimum absolute atomic E-state index is 0.0665. The van der Waals surface area contributed by atoms with Crippen molar-refractivity contribution in [1.82, 2.24) is 10.2 Å². The second-order valence-electron chi connectivity index (χ2n) is 9.25. The lowest BCUT2D eigenvalue weighted by Gasteiger charge is -2.41. The first-order valence-electron chi connectivity index (χ1n) is 10.3. The van der Waals surface area contributed by atoms with Crippen LogP contribution in [-0.2, 0) is 5.41 Å². The van der Waals surface area contributed by atoms with Crippen molar-refractivity contribution < 1.29 is 4.79 Å². The van der Waals surface area contributed by atoms with Crippen LogP contribution in [0.25, 0.3) is 0 Å². The van der Waals surface area contributed by atoms with Crippen molar-refractivity contribution in [2.45, 2.75) is 44.9 Å². The molecule has 26 heavy (non-hydrogen) atoms. The molecular weight excluding hydrogens is 322 g/mol. The monoisotopic (exact) mass is 355 g/mol. The second kappa shape index (κ2) is 6.88. The summed E-state index contributed by atoms with van der Waals surface area (Å²) in [4.78, 5) is 17.7. The molecule has 1 unspecified atom stereocenters. The molecule has 3 aliphatic rings. The molecule has 4 heteroatoms. The maximum absolute atomic E-state index is 12.6. The van der Waals surface area contributed by atoms with Crippen LogP contribution < -0.4 is 10.2 Å². The number of rotatable bonds is 5. The second-order valence-corrected chi connectivity index (χ2v) is 9.25. The van der Waals surface area contributed by atoms with Gasteiger partial charge in [-0.05, 0) is 67.8 Å². The molecule has 0 radical (unpaired) electrons. The number of carbonyl (C=O) groups is 1. The molecule has 1 atom stereocenters. The summed E-state index contributed by atoms with van der Waals surface area (Å²) < 4.78 is 0. The van der Waals surface area contributed by atoms with Crippen LogP contribution in [0.4, 0.5) is 5.69 Å². The Bertz CT molecular complexity index is 682. The molecule has 1 saturated heterocycles. The van der Waals surface area contributed by atoms with Crippen molar-refractivity contribution in [2.24, 2.45) is 11.8 Å². The number of amides is 1. The van der Waals surface area contributed by atoms with Gasteiger partial charge in [-0.1, -0.05) is 13.8 Å². The molecule has 1 aromatic carbocycles. The van der Waals surface area contributed by atoms with Gasteiger partial charge in [0.25, 0.3) is 5.91 Å². The zero-order chi connectivity index (χ0) is 18.3. The number of hydrogen-bond donors (Lipinski definition) is 1. The van der Waals surface area contributed by atoms with Crippen molar-refractivity contribution >= 4 is 11.6 Å². The maximum Gasteiger partial charge on any atom is 0.251 e. The normalized spacial score (nSPS) is 25.8. The number of carbonyl (C=O) groups excluding carboxylic acids is 1. The number of nitrogens with zero attached hydrogens (tertiary/aromatic N) is 2. The number of piperidine rings is 1. The topological polar surface area (TPSA) is 35.6 Å². The Morgan fingerprint density at radius 3 is 2.85 bits per heavy atom. The Morgan fingerprint density at radius 1 is 1.31 bits per heavy atom. The first-order chi connectivity index (χ1) is 12.5. The largest absolute Gasteiger partial charge is 0.373 e. The SMILES string of the molecule is CC(C)CNC(=O)c1ccc2c(c1)C1(CCCN(CC3CC3)C1)CN2C. The van der Waals surface area contributed by atoms with Gasteiger partial charge in [-0.15, -0.1) is 0 Å². The number of likely N-dealkylation sites (N-methyl/N-ethyl adjacent to an activating group) is 1. The highest BCUT2D eigenvalue weighted by molar-refractivity contribution is 5.95. The predicted octanol–water partition coefficient (Wildman–Crippen LogP) is 3.27. The summed E-state index contributed by atoms with van der Waals surface area (Å²) in [7, 11) is 2.20. The van der Waals surface area contributed by atoms with E-state index in [-0.39, 0.29) is 11.3 Å². The molecule has 4 rings (SSSR count). The van der Waals surface area contributed by atoms with Crippen molar-refractivity contribution in [3.63, 3.8) is 0 Å². The van der Waals surface area contributed by atoms with Crippen LogP contribution in [0.3, 0.4) is 0 Å². The third kappa shape index (κ3) is 3.48. The van der Waals surface area contributed by atoms with Crippen molar-refractivity contribution in [3.8, 4) is 0 Å². The lowest BCUT2D eigenvalue weighted by molar-refractivity contribution is 0.0948. The first-order valence-corrected chi connectivity index (χ1v) is 10.3. The zero-order valence-electron chi connectivity index (χ0n) is 16.6. The molecule has 2 aliphatic heterocycles. The van der Waals surface area contributed by atoms with Gasteiger partial charge in [0.2, 0.25) is 0 Å². The molecule has 1 aromatic rings. The molecule has 1 aliphatic carbocycles. The number of nitrogens with one attached hydrogen (secondary N) is 1. The minimum Gasteiger partial charge on any atom is -0.373 e. The smallest absolute Gasteiger partial charge is 0.251 e. The lowest BCUT2D eigenvalue weighted by Crippen LogP contribution is -2.48. The summed E-state index contributed by atoms with van der Waals surface area (Å²) in [6, 6.07) is 6.35. The van der Waals surface area contributed by atoms with E-state index in [1.807, 2.05) is 6.07 Å². The highest BCUT2D eigenvalue weighted by Crippen LogP contribution is 2.46. The molecule has 0 aromatic heterocycles. The zero-order valence-corrected chi connectivity index (χ0v) is 16.6. The Hall–Kier alpha value is -1.55. The maximum atomic E-state index is 12.6. The molecule has 1 amide bonds. The number of likely N-dealkylation sites (tertiary alicyclic amines) is 1. The van der Waals surface area contributed by atoms with Crippen molar-refractivity contribution in [2.75, 3.05) is 44.7 Å². The quantitative estimate of drug-likeness (QED) is 0.880. The van der Waals surface area contributed by atoms with E-state index in [0.717, 1.165) is 31.1 Å². The van der Waals surface area contributed by atoms with E-state index in [1.54, 1.807) is 0 Å². The third-order valence-electron chi connectivity index (χ3n) is 6.32. The minimum atomic E-state index is 0.0665. The Balaban J connectivity index is 1.58. The van der Waals surface area contributed by atoms with Crippen LogP contribution in [0.5, 0.6) is 0 Å². The number of hydrogen-bond acceptors (Lipinski definition) is 3. The van der Waals surface area contributed by atoms with Crippen molar-refractivity contribution in [1.29, 1.82) is 0 Å². The highest BCUT2D eigenvalue weighted by atomic mass is 16.1.